The molecule has 0 aliphatic carbocycles. The fourth-order valence-electron chi connectivity index (χ4n) is 9.43. The number of benzene rings is 11. The van der Waals surface area contributed by atoms with Gasteiger partial charge in [0.2, 0.25) is 0 Å². The van der Waals surface area contributed by atoms with Gasteiger partial charge in [-0.2, -0.15) is 0 Å². The number of nitrogens with zero attached hydrogens (tertiary/aromatic N) is 1. The molecule has 2 heteroatoms. The Morgan fingerprint density at radius 2 is 0.682 bits per heavy atom. The summed E-state index contributed by atoms with van der Waals surface area (Å²) in [7, 11) is 0. The Morgan fingerprint density at radius 1 is 0.242 bits per heavy atom. The standard InChI is InChI=1S/C64H43NS/c1-2-11-44(12-3-1)46-23-29-50(30-24-46)55-17-9-18-59(43-55)65(58-39-35-51(36-40-58)60-20-10-21-62-61-19-6-7-22-63(61)66-64(60)62)57-37-33-48(34-38-57)47-25-27-49(28-26-47)53-15-8-16-54(41-53)56-32-31-45-13-4-5-14-52(45)42-56/h1-43H. The SMILES string of the molecule is c1ccc(-c2ccc(-c3cccc(N(c4ccc(-c5ccc(-c6cccc(-c7ccc8ccccc8c7)c6)cc5)cc4)c4ccc(-c5cccc6c5sc5ccccc56)cc4)c3)cc2)cc1. The molecule has 12 aromatic rings. The van der Waals surface area contributed by atoms with Crippen LogP contribution in [0.5, 0.6) is 0 Å². The smallest absolute Gasteiger partial charge is 0.0467 e. The molecule has 0 atom stereocenters. The van der Waals surface area contributed by atoms with Crippen LogP contribution >= 0.6 is 11.3 Å². The highest BCUT2D eigenvalue weighted by molar-refractivity contribution is 7.26. The van der Waals surface area contributed by atoms with Gasteiger partial charge in [-0.25, -0.2) is 0 Å². The maximum absolute atomic E-state index is 2.38. The fraction of sp³-hybridized carbons (Fsp3) is 0. The van der Waals surface area contributed by atoms with Gasteiger partial charge in [-0.3, -0.25) is 0 Å². The van der Waals surface area contributed by atoms with E-state index >= 15 is 0 Å². The Balaban J connectivity index is 0.868. The van der Waals surface area contributed by atoms with Crippen LogP contribution in [0.4, 0.5) is 17.1 Å². The van der Waals surface area contributed by atoms with Gasteiger partial charge in [0.1, 0.15) is 0 Å². The molecule has 1 nitrogen and oxygen atoms in total. The second-order valence-corrected chi connectivity index (χ2v) is 18.0. The highest BCUT2D eigenvalue weighted by Crippen LogP contribution is 2.42. The normalized spacial score (nSPS) is 11.3. The first-order valence-corrected chi connectivity index (χ1v) is 23.4. The molecule has 1 aromatic heterocycles. The minimum absolute atomic E-state index is 1.09. The van der Waals surface area contributed by atoms with Crippen molar-refractivity contribution in [3.8, 4) is 66.8 Å². The molecule has 0 bridgehead atoms. The summed E-state index contributed by atoms with van der Waals surface area (Å²) < 4.78 is 2.65. The molecule has 0 saturated carbocycles. The summed E-state index contributed by atoms with van der Waals surface area (Å²) in [5.74, 6) is 0. The lowest BCUT2D eigenvalue weighted by atomic mass is 9.96. The van der Waals surface area contributed by atoms with Crippen LogP contribution in [0, 0.1) is 0 Å². The number of thiophene rings is 1. The third-order valence-corrected chi connectivity index (χ3v) is 14.1. The zero-order chi connectivity index (χ0) is 43.8. The lowest BCUT2D eigenvalue weighted by molar-refractivity contribution is 1.28. The Kier molecular flexibility index (Phi) is 10.1. The largest absolute Gasteiger partial charge is 0.310 e. The number of rotatable bonds is 9. The highest BCUT2D eigenvalue weighted by Gasteiger charge is 2.16. The third kappa shape index (κ3) is 7.54. The van der Waals surface area contributed by atoms with E-state index in [9.17, 15) is 0 Å². The van der Waals surface area contributed by atoms with Crippen LogP contribution in [0.15, 0.2) is 261 Å². The Bertz CT molecular complexity index is 3660. The zero-order valence-electron chi connectivity index (χ0n) is 36.2. The number of hydrogen-bond donors (Lipinski definition) is 0. The molecule has 11 aromatic carbocycles. The second kappa shape index (κ2) is 17.0. The monoisotopic (exact) mass is 857 g/mol. The van der Waals surface area contributed by atoms with Crippen molar-refractivity contribution in [2.24, 2.45) is 0 Å². The van der Waals surface area contributed by atoms with Gasteiger partial charge in [-0.15, -0.1) is 11.3 Å². The molecule has 0 aliphatic heterocycles. The minimum atomic E-state index is 1.09. The van der Waals surface area contributed by atoms with E-state index in [0.717, 1.165) is 17.1 Å². The number of fused-ring (bicyclic) bond motifs is 4. The molecule has 0 aliphatic rings. The topological polar surface area (TPSA) is 3.24 Å². The summed E-state index contributed by atoms with van der Waals surface area (Å²) in [4.78, 5) is 2.38. The van der Waals surface area contributed by atoms with Gasteiger partial charge >= 0.3 is 0 Å². The van der Waals surface area contributed by atoms with Crippen molar-refractivity contribution < 1.29 is 0 Å². The molecule has 66 heavy (non-hydrogen) atoms. The van der Waals surface area contributed by atoms with Crippen LogP contribution in [0.3, 0.4) is 0 Å². The van der Waals surface area contributed by atoms with E-state index < -0.39 is 0 Å². The molecular weight excluding hydrogens is 815 g/mol. The summed E-state index contributed by atoms with van der Waals surface area (Å²) >= 11 is 1.87. The maximum Gasteiger partial charge on any atom is 0.0467 e. The first kappa shape index (κ1) is 39.3. The van der Waals surface area contributed by atoms with Crippen LogP contribution in [-0.4, -0.2) is 0 Å². The van der Waals surface area contributed by atoms with Gasteiger partial charge in [0, 0.05) is 37.2 Å². The van der Waals surface area contributed by atoms with E-state index in [-0.39, 0.29) is 0 Å². The molecule has 12 rings (SSSR count). The van der Waals surface area contributed by atoms with Gasteiger partial charge in [-0.1, -0.05) is 206 Å². The summed E-state index contributed by atoms with van der Waals surface area (Å²) in [5, 5.41) is 5.15. The lowest BCUT2D eigenvalue weighted by Gasteiger charge is -2.26. The fourth-order valence-corrected chi connectivity index (χ4v) is 10.7. The van der Waals surface area contributed by atoms with Crippen molar-refractivity contribution in [3.63, 3.8) is 0 Å². The summed E-state index contributed by atoms with van der Waals surface area (Å²) in [5.41, 5.74) is 17.8. The van der Waals surface area contributed by atoms with Crippen molar-refractivity contribution in [1.29, 1.82) is 0 Å². The molecular formula is C64H43NS. The Hall–Kier alpha value is -8.30. The third-order valence-electron chi connectivity index (χ3n) is 12.9. The molecule has 0 amide bonds. The van der Waals surface area contributed by atoms with Crippen molar-refractivity contribution in [2.45, 2.75) is 0 Å². The van der Waals surface area contributed by atoms with E-state index in [4.69, 9.17) is 0 Å². The predicted octanol–water partition coefficient (Wildman–Crippen LogP) is 18.7. The number of anilines is 3. The molecule has 0 saturated heterocycles. The first-order chi connectivity index (χ1) is 32.7. The average Bonchev–Trinajstić information content (AvgIpc) is 3.79. The van der Waals surface area contributed by atoms with Gasteiger partial charge in [0.25, 0.3) is 0 Å². The summed E-state index contributed by atoms with van der Waals surface area (Å²) in [6.07, 6.45) is 0. The average molecular weight is 858 g/mol. The highest BCUT2D eigenvalue weighted by atomic mass is 32.1. The molecule has 310 valence electrons. The van der Waals surface area contributed by atoms with Gasteiger partial charge < -0.3 is 4.90 Å². The Morgan fingerprint density at radius 3 is 1.36 bits per heavy atom. The first-order valence-electron chi connectivity index (χ1n) is 22.6. The van der Waals surface area contributed by atoms with Crippen LogP contribution in [0.25, 0.3) is 97.7 Å². The van der Waals surface area contributed by atoms with Crippen molar-refractivity contribution in [1.82, 2.24) is 0 Å². The van der Waals surface area contributed by atoms with Gasteiger partial charge in [0.05, 0.1) is 0 Å². The summed E-state index contributed by atoms with van der Waals surface area (Å²) in [6, 6.07) is 95.0. The molecule has 1 heterocycles. The van der Waals surface area contributed by atoms with Crippen LogP contribution in [0.2, 0.25) is 0 Å². The molecule has 0 radical (unpaired) electrons. The zero-order valence-corrected chi connectivity index (χ0v) is 37.0. The van der Waals surface area contributed by atoms with E-state index in [1.54, 1.807) is 0 Å². The van der Waals surface area contributed by atoms with Gasteiger partial charge in [-0.05, 0) is 132 Å². The van der Waals surface area contributed by atoms with Crippen molar-refractivity contribution in [3.05, 3.63) is 261 Å². The van der Waals surface area contributed by atoms with Crippen LogP contribution in [-0.2, 0) is 0 Å². The van der Waals surface area contributed by atoms with Crippen LogP contribution < -0.4 is 4.90 Å². The molecule has 0 fully saturated rings. The quantitative estimate of drug-likeness (QED) is 0.140. The predicted molar refractivity (Wildman–Crippen MR) is 284 cm³/mol. The van der Waals surface area contributed by atoms with Crippen molar-refractivity contribution in [2.75, 3.05) is 4.90 Å². The molecule has 0 N–H and O–H groups in total. The second-order valence-electron chi connectivity index (χ2n) is 16.9. The van der Waals surface area contributed by atoms with Crippen molar-refractivity contribution >= 4 is 59.3 Å². The summed E-state index contributed by atoms with van der Waals surface area (Å²) in [6.45, 7) is 0. The van der Waals surface area contributed by atoms with Gasteiger partial charge in [0.15, 0.2) is 0 Å². The van der Waals surface area contributed by atoms with E-state index in [2.05, 4.69) is 266 Å². The van der Waals surface area contributed by atoms with Crippen LogP contribution in [0.1, 0.15) is 0 Å². The number of hydrogen-bond acceptors (Lipinski definition) is 2. The minimum Gasteiger partial charge on any atom is -0.310 e. The van der Waals surface area contributed by atoms with E-state index in [0.29, 0.717) is 0 Å². The lowest BCUT2D eigenvalue weighted by Crippen LogP contribution is -2.10. The van der Waals surface area contributed by atoms with E-state index in [1.807, 2.05) is 11.3 Å². The van der Waals surface area contributed by atoms with E-state index in [1.165, 1.54) is 97.7 Å². The Labute approximate surface area is 389 Å². The maximum atomic E-state index is 2.38. The molecule has 0 spiro atoms. The molecule has 0 unspecified atom stereocenters.